The Morgan fingerprint density at radius 1 is 1.45 bits per heavy atom. The predicted molar refractivity (Wildman–Crippen MR) is 78.4 cm³/mol. The summed E-state index contributed by atoms with van der Waals surface area (Å²) in [6, 6.07) is 1.65. The second-order valence-corrected chi connectivity index (χ2v) is 6.04. The van der Waals surface area contributed by atoms with E-state index in [1.165, 1.54) is 30.9 Å². The number of amides is 1. The Morgan fingerprint density at radius 2 is 2.36 bits per heavy atom. The van der Waals surface area contributed by atoms with Crippen LogP contribution in [-0.4, -0.2) is 28.8 Å². The molecule has 0 saturated heterocycles. The van der Waals surface area contributed by atoms with Crippen LogP contribution < -0.4 is 5.32 Å². The standard InChI is InChI=1S/C16H19N3O3/c20-16(13-3-5-21-10-13)17-7-14-15-12(4-6-22-14)9-19(18-15)8-11-1-2-11/h3,5,9-11,14H,1-2,4,6-8H2,(H,17,20)/t14-/m0/s1. The minimum Gasteiger partial charge on any atom is -0.472 e. The van der Waals surface area contributed by atoms with E-state index < -0.39 is 0 Å². The molecule has 1 N–H and O–H groups in total. The van der Waals surface area contributed by atoms with Crippen LogP contribution in [0.2, 0.25) is 0 Å². The minimum atomic E-state index is -0.167. The summed E-state index contributed by atoms with van der Waals surface area (Å²) in [4.78, 5) is 12.0. The lowest BCUT2D eigenvalue weighted by Crippen LogP contribution is -2.31. The second kappa shape index (κ2) is 5.61. The summed E-state index contributed by atoms with van der Waals surface area (Å²) in [6.45, 7) is 2.10. The van der Waals surface area contributed by atoms with Gasteiger partial charge in [-0.2, -0.15) is 5.10 Å². The first kappa shape index (κ1) is 13.6. The van der Waals surface area contributed by atoms with Crippen molar-refractivity contribution in [1.29, 1.82) is 0 Å². The van der Waals surface area contributed by atoms with Crippen molar-refractivity contribution in [2.24, 2.45) is 5.92 Å². The first-order chi connectivity index (χ1) is 10.8. The average molecular weight is 301 g/mol. The van der Waals surface area contributed by atoms with Crippen molar-refractivity contribution in [1.82, 2.24) is 15.1 Å². The molecule has 2 aromatic heterocycles. The van der Waals surface area contributed by atoms with Gasteiger partial charge in [-0.15, -0.1) is 0 Å². The summed E-state index contributed by atoms with van der Waals surface area (Å²) in [6.07, 6.45) is 8.42. The number of rotatable bonds is 5. The van der Waals surface area contributed by atoms with Crippen molar-refractivity contribution in [3.05, 3.63) is 41.6 Å². The number of nitrogens with zero attached hydrogens (tertiary/aromatic N) is 2. The van der Waals surface area contributed by atoms with E-state index in [-0.39, 0.29) is 12.0 Å². The highest BCUT2D eigenvalue weighted by atomic mass is 16.5. The maximum absolute atomic E-state index is 12.0. The van der Waals surface area contributed by atoms with Crippen LogP contribution in [0, 0.1) is 5.92 Å². The number of hydrogen-bond donors (Lipinski definition) is 1. The van der Waals surface area contributed by atoms with Gasteiger partial charge in [0.15, 0.2) is 0 Å². The number of carbonyl (C=O) groups excluding carboxylic acids is 1. The van der Waals surface area contributed by atoms with Crippen molar-refractivity contribution >= 4 is 5.91 Å². The van der Waals surface area contributed by atoms with E-state index in [9.17, 15) is 4.79 Å². The van der Waals surface area contributed by atoms with Gasteiger partial charge in [-0.3, -0.25) is 9.48 Å². The second-order valence-electron chi connectivity index (χ2n) is 6.04. The highest BCUT2D eigenvalue weighted by Gasteiger charge is 2.27. The molecule has 0 radical (unpaired) electrons. The van der Waals surface area contributed by atoms with E-state index in [0.717, 1.165) is 24.6 Å². The molecule has 1 amide bonds. The molecule has 0 unspecified atom stereocenters. The van der Waals surface area contributed by atoms with E-state index in [1.807, 2.05) is 4.68 Å². The Labute approximate surface area is 128 Å². The fourth-order valence-corrected chi connectivity index (χ4v) is 2.83. The summed E-state index contributed by atoms with van der Waals surface area (Å²) in [7, 11) is 0. The van der Waals surface area contributed by atoms with E-state index in [2.05, 4.69) is 16.6 Å². The third-order valence-corrected chi connectivity index (χ3v) is 4.24. The lowest BCUT2D eigenvalue weighted by atomic mass is 10.1. The van der Waals surface area contributed by atoms with Crippen molar-refractivity contribution in [2.45, 2.75) is 31.9 Å². The van der Waals surface area contributed by atoms with E-state index in [0.29, 0.717) is 18.7 Å². The maximum atomic E-state index is 12.0. The van der Waals surface area contributed by atoms with Crippen LogP contribution in [-0.2, 0) is 17.7 Å². The normalized spacial score (nSPS) is 20.6. The molecule has 0 spiro atoms. The molecule has 2 aliphatic rings. The monoisotopic (exact) mass is 301 g/mol. The van der Waals surface area contributed by atoms with Gasteiger partial charge in [0.1, 0.15) is 12.4 Å². The van der Waals surface area contributed by atoms with Gasteiger partial charge in [-0.1, -0.05) is 0 Å². The van der Waals surface area contributed by atoms with Gasteiger partial charge in [0.05, 0.1) is 24.1 Å². The Hall–Kier alpha value is -2.08. The van der Waals surface area contributed by atoms with Crippen LogP contribution in [0.4, 0.5) is 0 Å². The summed E-state index contributed by atoms with van der Waals surface area (Å²) in [5.41, 5.74) is 2.74. The molecule has 0 bridgehead atoms. The van der Waals surface area contributed by atoms with Gasteiger partial charge in [0.2, 0.25) is 0 Å². The number of nitrogens with one attached hydrogen (secondary N) is 1. The van der Waals surface area contributed by atoms with Gasteiger partial charge in [0.25, 0.3) is 5.91 Å². The molecule has 2 aromatic rings. The van der Waals surface area contributed by atoms with Crippen molar-refractivity contribution in [2.75, 3.05) is 13.2 Å². The highest BCUT2D eigenvalue weighted by molar-refractivity contribution is 5.93. The molecule has 1 fully saturated rings. The molecule has 6 nitrogen and oxygen atoms in total. The molecule has 22 heavy (non-hydrogen) atoms. The zero-order valence-electron chi connectivity index (χ0n) is 12.3. The third-order valence-electron chi connectivity index (χ3n) is 4.24. The van der Waals surface area contributed by atoms with Crippen LogP contribution in [0.1, 0.15) is 40.6 Å². The van der Waals surface area contributed by atoms with E-state index >= 15 is 0 Å². The zero-order valence-corrected chi connectivity index (χ0v) is 12.3. The lowest BCUT2D eigenvalue weighted by molar-refractivity contribution is 0.0383. The number of hydrogen-bond acceptors (Lipinski definition) is 4. The van der Waals surface area contributed by atoms with Crippen LogP contribution in [0.3, 0.4) is 0 Å². The predicted octanol–water partition coefficient (Wildman–Crippen LogP) is 1.93. The molecule has 1 atom stereocenters. The van der Waals surface area contributed by atoms with Crippen molar-refractivity contribution in [3.63, 3.8) is 0 Å². The largest absolute Gasteiger partial charge is 0.472 e. The van der Waals surface area contributed by atoms with E-state index in [4.69, 9.17) is 9.15 Å². The number of ether oxygens (including phenoxy) is 1. The number of fused-ring (bicyclic) bond motifs is 1. The fraction of sp³-hybridized carbons (Fsp3) is 0.500. The molecular formula is C16H19N3O3. The van der Waals surface area contributed by atoms with Crippen LogP contribution in [0.15, 0.2) is 29.2 Å². The van der Waals surface area contributed by atoms with Gasteiger partial charge < -0.3 is 14.5 Å². The Bertz CT molecular complexity index is 658. The molecule has 1 aliphatic carbocycles. The van der Waals surface area contributed by atoms with Crippen LogP contribution in [0.5, 0.6) is 0 Å². The van der Waals surface area contributed by atoms with Gasteiger partial charge >= 0.3 is 0 Å². The van der Waals surface area contributed by atoms with E-state index in [1.54, 1.807) is 6.07 Å². The first-order valence-corrected chi connectivity index (χ1v) is 7.78. The summed E-state index contributed by atoms with van der Waals surface area (Å²) in [5, 5.41) is 7.56. The SMILES string of the molecule is O=C(NC[C@@H]1OCCc2cn(CC3CC3)nc21)c1ccoc1. The van der Waals surface area contributed by atoms with Gasteiger partial charge in [-0.05, 0) is 36.8 Å². The number of carbonyl (C=O) groups is 1. The molecular weight excluding hydrogens is 282 g/mol. The third kappa shape index (κ3) is 2.78. The zero-order chi connectivity index (χ0) is 14.9. The molecule has 1 saturated carbocycles. The summed E-state index contributed by atoms with van der Waals surface area (Å²) >= 11 is 0. The summed E-state index contributed by atoms with van der Waals surface area (Å²) in [5.74, 6) is 0.642. The van der Waals surface area contributed by atoms with Crippen LogP contribution in [0.25, 0.3) is 0 Å². The Morgan fingerprint density at radius 3 is 3.14 bits per heavy atom. The first-order valence-electron chi connectivity index (χ1n) is 7.78. The smallest absolute Gasteiger partial charge is 0.254 e. The van der Waals surface area contributed by atoms with Crippen LogP contribution >= 0.6 is 0 Å². The Balaban J connectivity index is 1.42. The molecule has 6 heteroatoms. The maximum Gasteiger partial charge on any atom is 0.254 e. The Kier molecular flexibility index (Phi) is 3.46. The molecule has 0 aromatic carbocycles. The highest BCUT2D eigenvalue weighted by Crippen LogP contribution is 2.32. The average Bonchev–Trinajstić information content (AvgIpc) is 3.03. The molecule has 116 valence electrons. The van der Waals surface area contributed by atoms with Gasteiger partial charge in [0, 0.05) is 19.3 Å². The van der Waals surface area contributed by atoms with Crippen molar-refractivity contribution in [3.8, 4) is 0 Å². The number of furan rings is 1. The van der Waals surface area contributed by atoms with Gasteiger partial charge in [-0.25, -0.2) is 0 Å². The minimum absolute atomic E-state index is 0.151. The fourth-order valence-electron chi connectivity index (χ4n) is 2.83. The quantitative estimate of drug-likeness (QED) is 0.916. The number of aromatic nitrogens is 2. The lowest BCUT2D eigenvalue weighted by Gasteiger charge is -2.22. The molecule has 3 heterocycles. The topological polar surface area (TPSA) is 69.3 Å². The molecule has 1 aliphatic heterocycles. The summed E-state index contributed by atoms with van der Waals surface area (Å²) < 4.78 is 12.8. The molecule has 4 rings (SSSR count). The van der Waals surface area contributed by atoms with Crippen molar-refractivity contribution < 1.29 is 13.9 Å².